The average Bonchev–Trinajstić information content (AvgIpc) is 2.39. The molecule has 0 aromatic carbocycles. The molecular weight excluding hydrogens is 168 g/mol. The Kier molecular flexibility index (Phi) is 1.53. The zero-order chi connectivity index (χ0) is 8.86. The van der Waals surface area contributed by atoms with Gasteiger partial charge in [-0.15, -0.1) is 0 Å². The summed E-state index contributed by atoms with van der Waals surface area (Å²) in [5.74, 6) is -0.950. The number of hydrogen-bond acceptors (Lipinski definition) is 2. The Balaban J connectivity index is 2.87. The maximum atomic E-state index is 10.7. The number of rotatable bonds is 2. The summed E-state index contributed by atoms with van der Waals surface area (Å²) < 4.78 is 0. The Labute approximate surface area is 69.3 Å². The molecule has 1 N–H and O–H groups in total. The van der Waals surface area contributed by atoms with Crippen LogP contribution in [0.3, 0.4) is 0 Å². The molecule has 1 rings (SSSR count). The van der Waals surface area contributed by atoms with E-state index < -0.39 is 22.0 Å². The van der Waals surface area contributed by atoms with Crippen LogP contribution in [0.5, 0.6) is 0 Å². The third-order valence-electron chi connectivity index (χ3n) is 2.71. The van der Waals surface area contributed by atoms with Gasteiger partial charge in [0.05, 0.1) is 10.8 Å². The number of carboxylic acids is 1. The van der Waals surface area contributed by atoms with Gasteiger partial charge in [-0.1, -0.05) is 6.92 Å². The van der Waals surface area contributed by atoms with Crippen molar-refractivity contribution >= 4 is 22.8 Å². The first-order chi connectivity index (χ1) is 4.84. The van der Waals surface area contributed by atoms with Gasteiger partial charge in [-0.2, -0.15) is 0 Å². The maximum absolute atomic E-state index is 10.7. The van der Waals surface area contributed by atoms with Gasteiger partial charge >= 0.3 is 5.97 Å². The van der Waals surface area contributed by atoms with Crippen molar-refractivity contribution in [2.24, 2.45) is 10.8 Å². The molecule has 4 heteroatoms. The van der Waals surface area contributed by atoms with E-state index in [-0.39, 0.29) is 0 Å². The third-order valence-corrected chi connectivity index (χ3v) is 3.12. The predicted octanol–water partition coefficient (Wildman–Crippen LogP) is 1.25. The molecule has 1 fully saturated rings. The van der Waals surface area contributed by atoms with Crippen molar-refractivity contribution in [2.75, 3.05) is 0 Å². The SMILES string of the molecule is C[C@@]1(C(=O)Cl)C[C@]1(C)C(=O)O. The van der Waals surface area contributed by atoms with Gasteiger partial charge in [-0.05, 0) is 24.9 Å². The van der Waals surface area contributed by atoms with E-state index in [0.29, 0.717) is 6.42 Å². The van der Waals surface area contributed by atoms with Gasteiger partial charge < -0.3 is 5.11 Å². The van der Waals surface area contributed by atoms with Crippen LogP contribution in [0, 0.1) is 10.8 Å². The molecule has 1 aliphatic carbocycles. The molecule has 1 aliphatic rings. The van der Waals surface area contributed by atoms with E-state index in [1.807, 2.05) is 0 Å². The van der Waals surface area contributed by atoms with E-state index in [2.05, 4.69) is 0 Å². The Morgan fingerprint density at radius 3 is 1.91 bits per heavy atom. The molecule has 0 aromatic heterocycles. The second-order valence-corrected chi connectivity index (χ2v) is 3.76. The first kappa shape index (κ1) is 8.53. The van der Waals surface area contributed by atoms with Crippen molar-refractivity contribution in [3.05, 3.63) is 0 Å². The Hall–Kier alpha value is -0.570. The number of aliphatic carboxylic acids is 1. The van der Waals surface area contributed by atoms with E-state index in [0.717, 1.165) is 0 Å². The number of carbonyl (C=O) groups excluding carboxylic acids is 1. The smallest absolute Gasteiger partial charge is 0.310 e. The van der Waals surface area contributed by atoms with Gasteiger partial charge in [-0.25, -0.2) is 0 Å². The highest BCUT2D eigenvalue weighted by atomic mass is 35.5. The Morgan fingerprint density at radius 1 is 1.36 bits per heavy atom. The van der Waals surface area contributed by atoms with Crippen LogP contribution in [-0.2, 0) is 9.59 Å². The molecule has 0 aliphatic heterocycles. The molecule has 3 nitrogen and oxygen atoms in total. The Morgan fingerprint density at radius 2 is 1.82 bits per heavy atom. The summed E-state index contributed by atoms with van der Waals surface area (Å²) in [6.45, 7) is 3.12. The van der Waals surface area contributed by atoms with Crippen LogP contribution in [0.15, 0.2) is 0 Å². The summed E-state index contributed by atoms with van der Waals surface area (Å²) >= 11 is 5.24. The zero-order valence-electron chi connectivity index (χ0n) is 6.35. The van der Waals surface area contributed by atoms with E-state index in [9.17, 15) is 9.59 Å². The lowest BCUT2D eigenvalue weighted by molar-refractivity contribution is -0.145. The normalized spacial score (nSPS) is 41.7. The lowest BCUT2D eigenvalue weighted by Crippen LogP contribution is -2.22. The van der Waals surface area contributed by atoms with Crippen LogP contribution in [0.25, 0.3) is 0 Å². The van der Waals surface area contributed by atoms with Gasteiger partial charge in [0, 0.05) is 0 Å². The maximum Gasteiger partial charge on any atom is 0.310 e. The Bertz CT molecular complexity index is 214. The van der Waals surface area contributed by atoms with Gasteiger partial charge in [0.25, 0.3) is 0 Å². The predicted molar refractivity (Wildman–Crippen MR) is 39.3 cm³/mol. The number of carboxylic acid groups (broad SMARTS) is 1. The molecule has 0 bridgehead atoms. The molecule has 0 radical (unpaired) electrons. The minimum Gasteiger partial charge on any atom is -0.481 e. The minimum absolute atomic E-state index is 0.345. The van der Waals surface area contributed by atoms with Crippen molar-refractivity contribution < 1.29 is 14.7 Å². The molecule has 0 saturated heterocycles. The summed E-state index contributed by atoms with van der Waals surface area (Å²) in [6.07, 6.45) is 0.345. The van der Waals surface area contributed by atoms with Gasteiger partial charge in [0.1, 0.15) is 0 Å². The summed E-state index contributed by atoms with van der Waals surface area (Å²) in [4.78, 5) is 21.3. The number of hydrogen-bond donors (Lipinski definition) is 1. The van der Waals surface area contributed by atoms with E-state index >= 15 is 0 Å². The van der Waals surface area contributed by atoms with Gasteiger partial charge in [-0.3, -0.25) is 9.59 Å². The van der Waals surface area contributed by atoms with E-state index in [1.165, 1.54) is 6.92 Å². The molecule has 2 atom stereocenters. The highest BCUT2D eigenvalue weighted by Gasteiger charge is 2.70. The van der Waals surface area contributed by atoms with E-state index in [4.69, 9.17) is 16.7 Å². The molecule has 0 amide bonds. The topological polar surface area (TPSA) is 54.4 Å². The van der Waals surface area contributed by atoms with Crippen LogP contribution in [-0.4, -0.2) is 16.3 Å². The van der Waals surface area contributed by atoms with Gasteiger partial charge in [0.2, 0.25) is 5.24 Å². The van der Waals surface area contributed by atoms with Crippen molar-refractivity contribution in [1.82, 2.24) is 0 Å². The van der Waals surface area contributed by atoms with Crippen molar-refractivity contribution in [3.8, 4) is 0 Å². The quantitative estimate of drug-likeness (QED) is 0.645. The second kappa shape index (κ2) is 1.97. The minimum atomic E-state index is -0.950. The molecular formula is C7H9ClO3. The van der Waals surface area contributed by atoms with Crippen LogP contribution < -0.4 is 0 Å². The third kappa shape index (κ3) is 0.872. The number of carbonyl (C=O) groups is 2. The van der Waals surface area contributed by atoms with Gasteiger partial charge in [0.15, 0.2) is 0 Å². The van der Waals surface area contributed by atoms with Crippen LogP contribution in [0.4, 0.5) is 0 Å². The molecule has 0 unspecified atom stereocenters. The lowest BCUT2D eigenvalue weighted by atomic mass is 9.98. The van der Waals surface area contributed by atoms with E-state index in [1.54, 1.807) is 6.92 Å². The number of halogens is 1. The van der Waals surface area contributed by atoms with Crippen LogP contribution in [0.2, 0.25) is 0 Å². The average molecular weight is 177 g/mol. The van der Waals surface area contributed by atoms with Crippen molar-refractivity contribution in [1.29, 1.82) is 0 Å². The molecule has 0 spiro atoms. The van der Waals surface area contributed by atoms with Crippen molar-refractivity contribution in [3.63, 3.8) is 0 Å². The summed E-state index contributed by atoms with van der Waals surface area (Å²) in [7, 11) is 0. The van der Waals surface area contributed by atoms with Crippen LogP contribution in [0.1, 0.15) is 20.3 Å². The molecule has 62 valence electrons. The van der Waals surface area contributed by atoms with Crippen LogP contribution >= 0.6 is 11.6 Å². The fourth-order valence-corrected chi connectivity index (χ4v) is 1.54. The highest BCUT2D eigenvalue weighted by molar-refractivity contribution is 6.65. The summed E-state index contributed by atoms with van der Waals surface area (Å²) in [5.41, 5.74) is -1.79. The lowest BCUT2D eigenvalue weighted by Gasteiger charge is -2.08. The largest absolute Gasteiger partial charge is 0.481 e. The fraction of sp³-hybridized carbons (Fsp3) is 0.714. The molecule has 0 heterocycles. The second-order valence-electron chi connectivity index (χ2n) is 3.42. The molecule has 1 saturated carbocycles. The summed E-state index contributed by atoms with van der Waals surface area (Å²) in [6, 6.07) is 0. The highest BCUT2D eigenvalue weighted by Crippen LogP contribution is 2.64. The van der Waals surface area contributed by atoms with Crippen molar-refractivity contribution in [2.45, 2.75) is 20.3 Å². The molecule has 11 heavy (non-hydrogen) atoms. The summed E-state index contributed by atoms with van der Waals surface area (Å²) in [5, 5.41) is 8.13. The molecule has 0 aromatic rings. The first-order valence-corrected chi connectivity index (χ1v) is 3.66. The zero-order valence-corrected chi connectivity index (χ0v) is 7.10. The fourth-order valence-electron chi connectivity index (χ4n) is 1.26. The monoisotopic (exact) mass is 176 g/mol. The first-order valence-electron chi connectivity index (χ1n) is 3.28. The standard InChI is InChI=1S/C7H9ClO3/c1-6(4(8)9)3-7(6,2)5(10)11/h3H2,1-2H3,(H,10,11)/t6-,7+/m0/s1.